The molecule has 0 spiro atoms. The van der Waals surface area contributed by atoms with E-state index in [0.717, 1.165) is 6.42 Å². The van der Waals surface area contributed by atoms with Crippen LogP contribution >= 0.6 is 0 Å². The molecule has 0 saturated carbocycles. The third-order valence-corrected chi connectivity index (χ3v) is 4.88. The Morgan fingerprint density at radius 2 is 1.57 bits per heavy atom. The van der Waals surface area contributed by atoms with Crippen molar-refractivity contribution in [2.45, 2.75) is 19.4 Å². The second-order valence-electron chi connectivity index (χ2n) is 6.85. The van der Waals surface area contributed by atoms with Gasteiger partial charge in [0.25, 0.3) is 5.91 Å². The summed E-state index contributed by atoms with van der Waals surface area (Å²) in [7, 11) is 8.77. The summed E-state index contributed by atoms with van der Waals surface area (Å²) in [4.78, 5) is 14.0. The Hall–Kier alpha value is -2.73. The number of aryl methyl sites for hydroxylation is 1. The third kappa shape index (κ3) is 4.95. The molecule has 2 aromatic carbocycles. The molecular weight excluding hydrogens is 356 g/mol. The fraction of sp³-hybridized carbons (Fsp3) is 0.409. The summed E-state index contributed by atoms with van der Waals surface area (Å²) in [6, 6.07) is 12.0. The molecule has 0 aliphatic heterocycles. The van der Waals surface area contributed by atoms with Gasteiger partial charge in [0.2, 0.25) is 5.75 Å². The van der Waals surface area contributed by atoms with E-state index in [1.54, 1.807) is 12.1 Å². The highest BCUT2D eigenvalue weighted by atomic mass is 16.5. The van der Waals surface area contributed by atoms with Crippen LogP contribution in [0, 0.1) is 0 Å². The lowest BCUT2D eigenvalue weighted by atomic mass is 10.0. The Morgan fingerprint density at radius 1 is 1.00 bits per heavy atom. The van der Waals surface area contributed by atoms with E-state index in [9.17, 15) is 4.79 Å². The first kappa shape index (κ1) is 21.6. The first-order valence-electron chi connectivity index (χ1n) is 9.42. The number of hydrogen-bond donors (Lipinski definition) is 2. The fourth-order valence-corrected chi connectivity index (χ4v) is 3.15. The summed E-state index contributed by atoms with van der Waals surface area (Å²) in [5.41, 5.74) is 2.96. The maximum absolute atomic E-state index is 12.8. The smallest absolute Gasteiger partial charge is 0.251 e. The van der Waals surface area contributed by atoms with Crippen LogP contribution in [0.5, 0.6) is 17.2 Å². The van der Waals surface area contributed by atoms with Gasteiger partial charge in [-0.05, 0) is 24.1 Å². The average molecular weight is 388 g/mol. The molecule has 0 bridgehead atoms. The van der Waals surface area contributed by atoms with Gasteiger partial charge >= 0.3 is 0 Å². The van der Waals surface area contributed by atoms with Gasteiger partial charge in [-0.15, -0.1) is 0 Å². The first-order chi connectivity index (χ1) is 13.4. The molecule has 0 aromatic heterocycles. The van der Waals surface area contributed by atoms with Gasteiger partial charge in [0.15, 0.2) is 11.5 Å². The summed E-state index contributed by atoms with van der Waals surface area (Å²) in [5.74, 6) is 1.19. The Labute approximate surface area is 167 Å². The number of likely N-dealkylation sites (N-methyl/N-ethyl adjacent to an activating group) is 1. The minimum atomic E-state index is -0.185. The van der Waals surface area contributed by atoms with Crippen LogP contribution < -0.4 is 24.4 Å². The van der Waals surface area contributed by atoms with Crippen molar-refractivity contribution in [2.24, 2.45) is 0 Å². The van der Waals surface area contributed by atoms with Crippen molar-refractivity contribution in [2.75, 3.05) is 42.0 Å². The highest BCUT2D eigenvalue weighted by molar-refractivity contribution is 5.95. The Bertz CT molecular complexity index is 763. The van der Waals surface area contributed by atoms with Crippen molar-refractivity contribution >= 4 is 5.91 Å². The molecule has 1 amide bonds. The summed E-state index contributed by atoms with van der Waals surface area (Å²) in [6.45, 7) is 2.66. The van der Waals surface area contributed by atoms with E-state index in [1.807, 2.05) is 0 Å². The van der Waals surface area contributed by atoms with Crippen LogP contribution in [0.4, 0.5) is 0 Å². The van der Waals surface area contributed by atoms with Gasteiger partial charge in [-0.2, -0.15) is 0 Å². The van der Waals surface area contributed by atoms with E-state index in [0.29, 0.717) is 29.4 Å². The average Bonchev–Trinajstić information content (AvgIpc) is 2.72. The normalized spacial score (nSPS) is 11.8. The molecule has 0 fully saturated rings. The molecule has 0 unspecified atom stereocenters. The van der Waals surface area contributed by atoms with Crippen LogP contribution in [0.1, 0.15) is 34.5 Å². The molecule has 0 radical (unpaired) electrons. The highest BCUT2D eigenvalue weighted by Gasteiger charge is 2.21. The maximum Gasteiger partial charge on any atom is 0.251 e. The Balaban J connectivity index is 2.18. The van der Waals surface area contributed by atoms with Gasteiger partial charge in [-0.25, -0.2) is 0 Å². The largest absolute Gasteiger partial charge is 0.493 e. The van der Waals surface area contributed by atoms with Gasteiger partial charge in [0, 0.05) is 11.1 Å². The highest BCUT2D eigenvalue weighted by Crippen LogP contribution is 2.38. The van der Waals surface area contributed by atoms with Crippen molar-refractivity contribution in [1.82, 2.24) is 5.32 Å². The molecular formula is C22H31N2O4+. The van der Waals surface area contributed by atoms with Crippen molar-refractivity contribution in [3.05, 3.63) is 53.1 Å². The number of hydrogen-bond acceptors (Lipinski definition) is 4. The van der Waals surface area contributed by atoms with E-state index in [4.69, 9.17) is 14.2 Å². The lowest BCUT2D eigenvalue weighted by molar-refractivity contribution is -0.890. The van der Waals surface area contributed by atoms with Crippen LogP contribution in [0.25, 0.3) is 0 Å². The van der Waals surface area contributed by atoms with Crippen LogP contribution in [0.15, 0.2) is 36.4 Å². The van der Waals surface area contributed by atoms with Crippen LogP contribution in [0.2, 0.25) is 0 Å². The zero-order chi connectivity index (χ0) is 20.7. The predicted molar refractivity (Wildman–Crippen MR) is 110 cm³/mol. The minimum Gasteiger partial charge on any atom is -0.493 e. The molecule has 0 saturated heterocycles. The number of amides is 1. The van der Waals surface area contributed by atoms with Crippen LogP contribution in [-0.2, 0) is 6.42 Å². The monoisotopic (exact) mass is 387 g/mol. The molecule has 2 N–H and O–H groups in total. The molecule has 0 aliphatic carbocycles. The SMILES string of the molecule is CCc1ccc([C@H](CNC(=O)c2cc(OC)c(OC)c(OC)c2)[NH+](C)C)cc1. The van der Waals surface area contributed by atoms with E-state index in [2.05, 4.69) is 50.6 Å². The van der Waals surface area contributed by atoms with Crippen molar-refractivity contribution in [3.63, 3.8) is 0 Å². The fourth-order valence-electron chi connectivity index (χ4n) is 3.15. The van der Waals surface area contributed by atoms with Gasteiger partial charge in [0.05, 0.1) is 42.0 Å². The Morgan fingerprint density at radius 3 is 2.00 bits per heavy atom. The standard InChI is InChI=1S/C22H30N2O4/c1-7-15-8-10-16(11-9-15)18(24(2)3)14-23-22(25)17-12-19(26-4)21(28-6)20(13-17)27-5/h8-13,18H,7,14H2,1-6H3,(H,23,25)/p+1/t18-/m0/s1. The summed E-state index contributed by atoms with van der Waals surface area (Å²) in [5, 5.41) is 3.04. The second-order valence-corrected chi connectivity index (χ2v) is 6.85. The van der Waals surface area contributed by atoms with Crippen LogP contribution in [-0.4, -0.2) is 47.9 Å². The lowest BCUT2D eigenvalue weighted by Crippen LogP contribution is -3.07. The molecule has 0 heterocycles. The van der Waals surface area contributed by atoms with Gasteiger partial charge in [-0.3, -0.25) is 4.79 Å². The summed E-state index contributed by atoms with van der Waals surface area (Å²) < 4.78 is 16.0. The minimum absolute atomic E-state index is 0.150. The third-order valence-electron chi connectivity index (χ3n) is 4.88. The number of carbonyl (C=O) groups excluding carboxylic acids is 1. The number of nitrogens with one attached hydrogen (secondary N) is 2. The molecule has 0 aliphatic rings. The zero-order valence-corrected chi connectivity index (χ0v) is 17.6. The molecule has 28 heavy (non-hydrogen) atoms. The lowest BCUT2D eigenvalue weighted by Gasteiger charge is -2.22. The topological polar surface area (TPSA) is 61.2 Å². The molecule has 6 nitrogen and oxygen atoms in total. The number of benzene rings is 2. The second kappa shape index (κ2) is 9.99. The van der Waals surface area contributed by atoms with E-state index in [1.165, 1.54) is 37.4 Å². The quantitative estimate of drug-likeness (QED) is 0.690. The number of ether oxygens (including phenoxy) is 3. The number of rotatable bonds is 9. The van der Waals surface area contributed by atoms with Gasteiger partial charge < -0.3 is 24.4 Å². The Kier molecular flexibility index (Phi) is 7.70. The molecule has 2 aromatic rings. The predicted octanol–water partition coefficient (Wildman–Crippen LogP) is 1.89. The van der Waals surface area contributed by atoms with E-state index in [-0.39, 0.29) is 11.9 Å². The van der Waals surface area contributed by atoms with Gasteiger partial charge in [0.1, 0.15) is 6.04 Å². The first-order valence-corrected chi connectivity index (χ1v) is 9.42. The van der Waals surface area contributed by atoms with Crippen molar-refractivity contribution in [1.29, 1.82) is 0 Å². The maximum atomic E-state index is 12.8. The molecule has 152 valence electrons. The van der Waals surface area contributed by atoms with E-state index < -0.39 is 0 Å². The number of quaternary nitrogens is 1. The summed E-state index contributed by atoms with van der Waals surface area (Å²) in [6.07, 6.45) is 1.01. The van der Waals surface area contributed by atoms with Crippen LogP contribution in [0.3, 0.4) is 0 Å². The molecule has 2 rings (SSSR count). The zero-order valence-electron chi connectivity index (χ0n) is 17.6. The summed E-state index contributed by atoms with van der Waals surface area (Å²) >= 11 is 0. The number of methoxy groups -OCH3 is 3. The van der Waals surface area contributed by atoms with Crippen molar-refractivity contribution < 1.29 is 23.9 Å². The number of carbonyl (C=O) groups is 1. The molecule has 1 atom stereocenters. The molecule has 6 heteroatoms. The van der Waals surface area contributed by atoms with Gasteiger partial charge in [-0.1, -0.05) is 31.2 Å². The van der Waals surface area contributed by atoms with Crippen molar-refractivity contribution in [3.8, 4) is 17.2 Å². The van der Waals surface area contributed by atoms with E-state index >= 15 is 0 Å².